The molecule has 24 heavy (non-hydrogen) atoms. The van der Waals surface area contributed by atoms with E-state index in [2.05, 4.69) is 36.8 Å². The number of anilines is 3. The molecule has 1 amide bonds. The Kier molecular flexibility index (Phi) is 4.86. The topological polar surface area (TPSA) is 66.9 Å². The van der Waals surface area contributed by atoms with Crippen molar-refractivity contribution in [3.8, 4) is 0 Å². The van der Waals surface area contributed by atoms with Crippen LogP contribution in [-0.2, 0) is 0 Å². The number of aryl methyl sites for hydroxylation is 1. The zero-order valence-corrected chi connectivity index (χ0v) is 14.5. The molecule has 0 atom stereocenters. The Bertz CT molecular complexity index is 848. The molecule has 1 heterocycles. The Labute approximate surface area is 148 Å². The zero-order valence-electron chi connectivity index (χ0n) is 13.0. The minimum absolute atomic E-state index is 0.250. The van der Waals surface area contributed by atoms with E-state index < -0.39 is 0 Å². The lowest BCUT2D eigenvalue weighted by Crippen LogP contribution is -2.14. The molecule has 0 aliphatic carbocycles. The molecule has 120 valence electrons. The zero-order chi connectivity index (χ0) is 16.9. The van der Waals surface area contributed by atoms with Crippen LogP contribution in [0.15, 0.2) is 65.1 Å². The molecule has 1 aromatic heterocycles. The predicted octanol–water partition coefficient (Wildman–Crippen LogP) is 4.54. The van der Waals surface area contributed by atoms with E-state index in [0.29, 0.717) is 11.5 Å². The van der Waals surface area contributed by atoms with E-state index in [4.69, 9.17) is 0 Å². The molecule has 3 rings (SSSR count). The minimum atomic E-state index is -0.309. The maximum atomic E-state index is 12.2. The van der Waals surface area contributed by atoms with Gasteiger partial charge in [0.1, 0.15) is 0 Å². The summed E-state index contributed by atoms with van der Waals surface area (Å²) >= 11 is 3.39. The number of nitrogens with zero attached hydrogens (tertiary/aromatic N) is 2. The molecule has 0 aliphatic heterocycles. The van der Waals surface area contributed by atoms with Crippen LogP contribution in [0, 0.1) is 6.92 Å². The number of halogens is 1. The molecular formula is C18H15BrN4O. The maximum absolute atomic E-state index is 12.2. The Morgan fingerprint density at radius 1 is 0.958 bits per heavy atom. The van der Waals surface area contributed by atoms with Crippen molar-refractivity contribution in [2.75, 3.05) is 10.6 Å². The highest BCUT2D eigenvalue weighted by atomic mass is 79.9. The van der Waals surface area contributed by atoms with E-state index in [1.807, 2.05) is 55.5 Å². The van der Waals surface area contributed by atoms with Crippen molar-refractivity contribution in [3.63, 3.8) is 0 Å². The number of para-hydroxylation sites is 1. The van der Waals surface area contributed by atoms with Gasteiger partial charge in [0, 0.05) is 10.2 Å². The molecule has 0 saturated carbocycles. The van der Waals surface area contributed by atoms with Gasteiger partial charge in [0.25, 0.3) is 5.91 Å². The molecule has 3 aromatic rings. The van der Waals surface area contributed by atoms with E-state index in [1.54, 1.807) is 12.1 Å². The molecule has 2 N–H and O–H groups in total. The highest BCUT2D eigenvalue weighted by molar-refractivity contribution is 9.10. The quantitative estimate of drug-likeness (QED) is 0.694. The van der Waals surface area contributed by atoms with Crippen molar-refractivity contribution < 1.29 is 4.79 Å². The van der Waals surface area contributed by atoms with E-state index in [9.17, 15) is 4.79 Å². The van der Waals surface area contributed by atoms with E-state index >= 15 is 0 Å². The highest BCUT2D eigenvalue weighted by Gasteiger charge is 2.10. The number of benzene rings is 2. The molecule has 2 aromatic carbocycles. The van der Waals surface area contributed by atoms with Crippen LogP contribution in [0.2, 0.25) is 0 Å². The molecule has 0 fully saturated rings. The number of carbonyl (C=O) groups is 1. The minimum Gasteiger partial charge on any atom is -0.339 e. The lowest BCUT2D eigenvalue weighted by molar-refractivity contribution is 0.102. The van der Waals surface area contributed by atoms with Crippen LogP contribution in [0.5, 0.6) is 0 Å². The molecule has 6 heteroatoms. The van der Waals surface area contributed by atoms with Crippen molar-refractivity contribution in [2.24, 2.45) is 0 Å². The van der Waals surface area contributed by atoms with Crippen LogP contribution >= 0.6 is 15.9 Å². The molecule has 0 saturated heterocycles. The van der Waals surface area contributed by atoms with E-state index in [1.165, 1.54) is 5.56 Å². The third-order valence-electron chi connectivity index (χ3n) is 3.34. The molecule has 0 unspecified atom stereocenters. The van der Waals surface area contributed by atoms with Crippen molar-refractivity contribution in [2.45, 2.75) is 6.92 Å². The molecule has 0 spiro atoms. The number of hydrogen-bond donors (Lipinski definition) is 2. The van der Waals surface area contributed by atoms with Crippen LogP contribution in [-0.4, -0.2) is 16.1 Å². The van der Waals surface area contributed by atoms with E-state index in [-0.39, 0.29) is 11.6 Å². The molecule has 5 nitrogen and oxygen atoms in total. The first-order valence-electron chi connectivity index (χ1n) is 7.35. The molecule has 0 radical (unpaired) electrons. The largest absolute Gasteiger partial charge is 0.339 e. The van der Waals surface area contributed by atoms with Gasteiger partial charge >= 0.3 is 0 Å². The lowest BCUT2D eigenvalue weighted by Gasteiger charge is -2.08. The van der Waals surface area contributed by atoms with Crippen molar-refractivity contribution >= 4 is 39.0 Å². The van der Waals surface area contributed by atoms with Crippen LogP contribution in [0.1, 0.15) is 16.1 Å². The van der Waals surface area contributed by atoms with Crippen LogP contribution in [0.4, 0.5) is 17.2 Å². The average molecular weight is 383 g/mol. The SMILES string of the molecule is Cc1ccc(Nc2ccc(C(=O)Nc3ccccc3Br)nn2)cc1. The number of aromatic nitrogens is 2. The van der Waals surface area contributed by atoms with Gasteiger partial charge in [0.2, 0.25) is 0 Å². The first-order chi connectivity index (χ1) is 11.6. The van der Waals surface area contributed by atoms with Gasteiger partial charge in [-0.3, -0.25) is 4.79 Å². The van der Waals surface area contributed by atoms with Gasteiger partial charge in [-0.05, 0) is 59.3 Å². The normalized spacial score (nSPS) is 10.2. The van der Waals surface area contributed by atoms with Crippen molar-refractivity contribution in [1.29, 1.82) is 0 Å². The average Bonchev–Trinajstić information content (AvgIpc) is 2.59. The summed E-state index contributed by atoms with van der Waals surface area (Å²) in [6.45, 7) is 2.03. The molecule has 0 aliphatic rings. The summed E-state index contributed by atoms with van der Waals surface area (Å²) in [5, 5.41) is 14.0. The van der Waals surface area contributed by atoms with Crippen LogP contribution in [0.3, 0.4) is 0 Å². The van der Waals surface area contributed by atoms with Crippen LogP contribution in [0.25, 0.3) is 0 Å². The summed E-state index contributed by atoms with van der Waals surface area (Å²) in [7, 11) is 0. The summed E-state index contributed by atoms with van der Waals surface area (Å²) < 4.78 is 0.809. The number of rotatable bonds is 4. The van der Waals surface area contributed by atoms with Crippen LogP contribution < -0.4 is 10.6 Å². The third-order valence-corrected chi connectivity index (χ3v) is 4.03. The smallest absolute Gasteiger partial charge is 0.276 e. The van der Waals surface area contributed by atoms with Gasteiger partial charge in [-0.2, -0.15) is 0 Å². The summed E-state index contributed by atoms with van der Waals surface area (Å²) in [4.78, 5) is 12.2. The van der Waals surface area contributed by atoms with Crippen molar-refractivity contribution in [1.82, 2.24) is 10.2 Å². The number of hydrogen-bond acceptors (Lipinski definition) is 4. The highest BCUT2D eigenvalue weighted by Crippen LogP contribution is 2.21. The first kappa shape index (κ1) is 16.1. The standard InChI is InChI=1S/C18H15BrN4O/c1-12-6-8-13(9-7-12)20-17-11-10-16(22-23-17)18(24)21-15-5-3-2-4-14(15)19/h2-11H,1H3,(H,20,23)(H,21,24). The number of carbonyl (C=O) groups excluding carboxylic acids is 1. The van der Waals surface area contributed by atoms with Gasteiger partial charge in [-0.1, -0.05) is 29.8 Å². The maximum Gasteiger partial charge on any atom is 0.276 e. The van der Waals surface area contributed by atoms with Crippen molar-refractivity contribution in [3.05, 3.63) is 76.4 Å². The fraction of sp³-hybridized carbons (Fsp3) is 0.0556. The van der Waals surface area contributed by atoms with Gasteiger partial charge in [-0.15, -0.1) is 10.2 Å². The van der Waals surface area contributed by atoms with Gasteiger partial charge in [-0.25, -0.2) is 0 Å². The summed E-state index contributed by atoms with van der Waals surface area (Å²) in [6, 6.07) is 18.7. The second kappa shape index (κ2) is 7.23. The van der Waals surface area contributed by atoms with Gasteiger partial charge in [0.05, 0.1) is 5.69 Å². The van der Waals surface area contributed by atoms with Gasteiger partial charge in [0.15, 0.2) is 11.5 Å². The Balaban J connectivity index is 1.68. The Morgan fingerprint density at radius 2 is 1.71 bits per heavy atom. The Hall–Kier alpha value is -2.73. The Morgan fingerprint density at radius 3 is 2.38 bits per heavy atom. The molecule has 0 bridgehead atoms. The van der Waals surface area contributed by atoms with E-state index in [0.717, 1.165) is 10.2 Å². The summed E-state index contributed by atoms with van der Waals surface area (Å²) in [5.74, 6) is 0.271. The fourth-order valence-electron chi connectivity index (χ4n) is 2.05. The first-order valence-corrected chi connectivity index (χ1v) is 8.14. The number of nitrogens with one attached hydrogen (secondary N) is 2. The summed E-state index contributed by atoms with van der Waals surface area (Å²) in [5.41, 5.74) is 3.04. The monoisotopic (exact) mass is 382 g/mol. The second-order valence-electron chi connectivity index (χ2n) is 5.23. The fourth-order valence-corrected chi connectivity index (χ4v) is 2.44. The predicted molar refractivity (Wildman–Crippen MR) is 98.6 cm³/mol. The number of amides is 1. The third kappa shape index (κ3) is 3.97. The van der Waals surface area contributed by atoms with Gasteiger partial charge < -0.3 is 10.6 Å². The lowest BCUT2D eigenvalue weighted by atomic mass is 10.2. The second-order valence-corrected chi connectivity index (χ2v) is 6.08. The molecular weight excluding hydrogens is 368 g/mol. The summed E-state index contributed by atoms with van der Waals surface area (Å²) in [6.07, 6.45) is 0.